The van der Waals surface area contributed by atoms with E-state index < -0.39 is 26.0 Å². The van der Waals surface area contributed by atoms with E-state index in [0.717, 1.165) is 23.6 Å². The molecule has 3 rings (SSSR count). The maximum Gasteiger partial charge on any atom is 0.255 e. The second-order valence-corrected chi connectivity index (χ2v) is 11.7. The first-order valence-corrected chi connectivity index (χ1v) is 12.9. The number of sulfonamides is 2. The van der Waals surface area contributed by atoms with Crippen molar-refractivity contribution in [3.05, 3.63) is 54.1 Å². The Morgan fingerprint density at radius 3 is 2.26 bits per heavy atom. The summed E-state index contributed by atoms with van der Waals surface area (Å²) in [5, 5.41) is 2.61. The van der Waals surface area contributed by atoms with E-state index in [0.29, 0.717) is 6.54 Å². The van der Waals surface area contributed by atoms with Crippen molar-refractivity contribution in [3.8, 4) is 0 Å². The van der Waals surface area contributed by atoms with Gasteiger partial charge in [-0.1, -0.05) is 18.6 Å². The Morgan fingerprint density at radius 1 is 1.00 bits per heavy atom. The molecule has 2 aromatic rings. The highest BCUT2D eigenvalue weighted by atomic mass is 32.2. The Morgan fingerprint density at radius 2 is 1.65 bits per heavy atom. The van der Waals surface area contributed by atoms with Crippen LogP contribution >= 0.6 is 0 Å². The number of hydrogen-bond acceptors (Lipinski definition) is 5. The Labute approximate surface area is 184 Å². The van der Waals surface area contributed by atoms with Gasteiger partial charge in [0, 0.05) is 32.2 Å². The van der Waals surface area contributed by atoms with Gasteiger partial charge in [0.15, 0.2) is 0 Å². The SMILES string of the molecule is CC1CCCCN1S(=O)(=O)c1ccc(C(=O)Nc2ccccc2S(=O)(=O)N(C)C)cc1. The minimum atomic E-state index is -3.75. The van der Waals surface area contributed by atoms with Crippen molar-refractivity contribution < 1.29 is 21.6 Å². The van der Waals surface area contributed by atoms with Crippen LogP contribution in [0.2, 0.25) is 0 Å². The molecule has 0 bridgehead atoms. The van der Waals surface area contributed by atoms with Crippen LogP contribution in [0.1, 0.15) is 36.5 Å². The molecule has 1 atom stereocenters. The van der Waals surface area contributed by atoms with E-state index in [2.05, 4.69) is 5.32 Å². The van der Waals surface area contributed by atoms with E-state index in [1.807, 2.05) is 6.92 Å². The number of rotatable bonds is 6. The number of amides is 1. The van der Waals surface area contributed by atoms with Gasteiger partial charge < -0.3 is 5.32 Å². The highest BCUT2D eigenvalue weighted by Gasteiger charge is 2.31. The minimum Gasteiger partial charge on any atom is -0.321 e. The summed E-state index contributed by atoms with van der Waals surface area (Å²) in [5.74, 6) is -0.531. The van der Waals surface area contributed by atoms with Gasteiger partial charge in [-0.15, -0.1) is 0 Å². The van der Waals surface area contributed by atoms with Gasteiger partial charge >= 0.3 is 0 Å². The van der Waals surface area contributed by atoms with Crippen LogP contribution < -0.4 is 5.32 Å². The number of anilines is 1. The summed E-state index contributed by atoms with van der Waals surface area (Å²) in [6.07, 6.45) is 2.67. The van der Waals surface area contributed by atoms with Gasteiger partial charge in [0.1, 0.15) is 4.90 Å². The van der Waals surface area contributed by atoms with E-state index in [1.165, 1.54) is 54.8 Å². The van der Waals surface area contributed by atoms with E-state index in [4.69, 9.17) is 0 Å². The summed E-state index contributed by atoms with van der Waals surface area (Å²) in [4.78, 5) is 12.8. The first kappa shape index (κ1) is 23.4. The zero-order valence-electron chi connectivity index (χ0n) is 17.8. The van der Waals surface area contributed by atoms with Crippen molar-refractivity contribution in [3.63, 3.8) is 0 Å². The maximum atomic E-state index is 12.9. The first-order chi connectivity index (χ1) is 14.5. The lowest BCUT2D eigenvalue weighted by Gasteiger charge is -2.32. The highest BCUT2D eigenvalue weighted by Crippen LogP contribution is 2.26. The molecule has 0 spiro atoms. The predicted molar refractivity (Wildman–Crippen MR) is 119 cm³/mol. The van der Waals surface area contributed by atoms with E-state index in [9.17, 15) is 21.6 Å². The van der Waals surface area contributed by atoms with Gasteiger partial charge in [-0.2, -0.15) is 4.31 Å². The number of nitrogens with one attached hydrogen (secondary N) is 1. The van der Waals surface area contributed by atoms with Crippen molar-refractivity contribution in [1.29, 1.82) is 0 Å². The summed E-state index contributed by atoms with van der Waals surface area (Å²) in [7, 11) is -4.55. The molecule has 10 heteroatoms. The van der Waals surface area contributed by atoms with E-state index in [-0.39, 0.29) is 27.1 Å². The van der Waals surface area contributed by atoms with Gasteiger partial charge in [-0.05, 0) is 56.2 Å². The van der Waals surface area contributed by atoms with Crippen LogP contribution in [-0.2, 0) is 20.0 Å². The Balaban J connectivity index is 1.83. The molecule has 1 aliphatic rings. The van der Waals surface area contributed by atoms with Crippen LogP contribution in [0, 0.1) is 0 Å². The molecule has 1 unspecified atom stereocenters. The average Bonchev–Trinajstić information content (AvgIpc) is 2.74. The molecule has 8 nitrogen and oxygen atoms in total. The molecule has 1 heterocycles. The maximum absolute atomic E-state index is 12.9. The second kappa shape index (κ2) is 9.07. The van der Waals surface area contributed by atoms with E-state index >= 15 is 0 Å². The van der Waals surface area contributed by atoms with Crippen molar-refractivity contribution in [2.24, 2.45) is 0 Å². The third-order valence-electron chi connectivity index (χ3n) is 5.36. The normalized spacial score (nSPS) is 18.1. The zero-order chi connectivity index (χ0) is 22.8. The number of nitrogens with zero attached hydrogens (tertiary/aromatic N) is 2. The fraction of sp³-hybridized carbons (Fsp3) is 0.381. The molecule has 168 valence electrons. The molecule has 1 aliphatic heterocycles. The summed E-state index contributed by atoms with van der Waals surface area (Å²) in [6.45, 7) is 2.39. The molecule has 31 heavy (non-hydrogen) atoms. The summed E-state index contributed by atoms with van der Waals surface area (Å²) >= 11 is 0. The highest BCUT2D eigenvalue weighted by molar-refractivity contribution is 7.89. The Kier molecular flexibility index (Phi) is 6.85. The smallest absolute Gasteiger partial charge is 0.255 e. The number of carbonyl (C=O) groups is 1. The van der Waals surface area contributed by atoms with Crippen molar-refractivity contribution in [2.45, 2.75) is 42.0 Å². The third-order valence-corrected chi connectivity index (χ3v) is 9.26. The lowest BCUT2D eigenvalue weighted by Crippen LogP contribution is -2.41. The molecule has 1 fully saturated rings. The Bertz CT molecular complexity index is 1160. The first-order valence-electron chi connectivity index (χ1n) is 10.00. The van der Waals surface area contributed by atoms with Crippen LogP contribution in [0.15, 0.2) is 58.3 Å². The fourth-order valence-electron chi connectivity index (χ4n) is 3.53. The zero-order valence-corrected chi connectivity index (χ0v) is 19.4. The molecule has 1 saturated heterocycles. The van der Waals surface area contributed by atoms with Gasteiger partial charge in [-0.3, -0.25) is 4.79 Å². The molecule has 0 aromatic heterocycles. The molecule has 0 radical (unpaired) electrons. The largest absolute Gasteiger partial charge is 0.321 e. The monoisotopic (exact) mass is 465 g/mol. The van der Waals surface area contributed by atoms with Crippen LogP contribution in [0.3, 0.4) is 0 Å². The van der Waals surface area contributed by atoms with Crippen molar-refractivity contribution in [1.82, 2.24) is 8.61 Å². The van der Waals surface area contributed by atoms with Gasteiger partial charge in [0.05, 0.1) is 10.6 Å². The molecular weight excluding hydrogens is 438 g/mol. The topological polar surface area (TPSA) is 104 Å². The molecular formula is C21H27N3O5S2. The summed E-state index contributed by atoms with van der Waals surface area (Å²) in [5.41, 5.74) is 0.378. The molecule has 1 amide bonds. The Hall–Kier alpha value is -2.27. The molecule has 0 aliphatic carbocycles. The summed E-state index contributed by atoms with van der Waals surface area (Å²) < 4.78 is 53.5. The number of benzene rings is 2. The number of para-hydroxylation sites is 1. The summed E-state index contributed by atoms with van der Waals surface area (Å²) in [6, 6.07) is 11.7. The second-order valence-electron chi connectivity index (χ2n) is 7.72. The lowest BCUT2D eigenvalue weighted by atomic mass is 10.1. The standard InChI is InChI=1S/C21H27N3O5S2/c1-16-8-6-7-15-24(16)30(26,27)18-13-11-17(12-14-18)21(25)22-19-9-4-5-10-20(19)31(28,29)23(2)3/h4-5,9-14,16H,6-8,15H2,1-3H3,(H,22,25). The van der Waals surface area contributed by atoms with Crippen molar-refractivity contribution in [2.75, 3.05) is 26.0 Å². The van der Waals surface area contributed by atoms with Crippen LogP contribution in [0.4, 0.5) is 5.69 Å². The third kappa shape index (κ3) is 4.82. The van der Waals surface area contributed by atoms with Crippen LogP contribution in [-0.4, -0.2) is 58.0 Å². The molecule has 1 N–H and O–H groups in total. The predicted octanol–water partition coefficient (Wildman–Crippen LogP) is 2.75. The quantitative estimate of drug-likeness (QED) is 0.706. The number of carbonyl (C=O) groups excluding carboxylic acids is 1. The molecule has 2 aromatic carbocycles. The van der Waals surface area contributed by atoms with Crippen LogP contribution in [0.5, 0.6) is 0 Å². The van der Waals surface area contributed by atoms with Gasteiger partial charge in [0.25, 0.3) is 5.91 Å². The number of hydrogen-bond donors (Lipinski definition) is 1. The van der Waals surface area contributed by atoms with E-state index in [1.54, 1.807) is 12.1 Å². The average molecular weight is 466 g/mol. The number of piperidine rings is 1. The van der Waals surface area contributed by atoms with Crippen LogP contribution in [0.25, 0.3) is 0 Å². The van der Waals surface area contributed by atoms with Gasteiger partial charge in [-0.25, -0.2) is 21.1 Å². The molecule has 0 saturated carbocycles. The van der Waals surface area contributed by atoms with Gasteiger partial charge in [0.2, 0.25) is 20.0 Å². The fourth-order valence-corrected chi connectivity index (χ4v) is 6.27. The minimum absolute atomic E-state index is 0.0216. The lowest BCUT2D eigenvalue weighted by molar-refractivity contribution is 0.102. The van der Waals surface area contributed by atoms with Crippen molar-refractivity contribution >= 4 is 31.6 Å².